The van der Waals surface area contributed by atoms with Crippen molar-refractivity contribution >= 4 is 14.0 Å². The number of carboxylic acids is 1. The van der Waals surface area contributed by atoms with Gasteiger partial charge in [0.05, 0.1) is 11.8 Å². The predicted molar refractivity (Wildman–Crippen MR) is 149 cm³/mol. The third-order valence-electron chi connectivity index (χ3n) is 6.97. The number of hydrogen-bond donors (Lipinski definition) is 1. The van der Waals surface area contributed by atoms with Gasteiger partial charge in [0.1, 0.15) is 18.3 Å². The van der Waals surface area contributed by atoms with Gasteiger partial charge in [-0.15, -0.1) is 0 Å². The Hall–Kier alpha value is -3.18. The van der Waals surface area contributed by atoms with E-state index in [1.54, 1.807) is 12.1 Å². The summed E-state index contributed by atoms with van der Waals surface area (Å²) in [5.74, 6) is 0.218. The Labute approximate surface area is 233 Å². The van der Waals surface area contributed by atoms with Gasteiger partial charge in [0.15, 0.2) is 5.69 Å². The Bertz CT molecular complexity index is 1270. The summed E-state index contributed by atoms with van der Waals surface area (Å²) in [6.45, 7) is 7.10. The minimum atomic E-state index is -4.57. The zero-order valence-electron chi connectivity index (χ0n) is 23.1. The number of carbonyl (C=O) groups is 1. The van der Waals surface area contributed by atoms with Gasteiger partial charge in [0.25, 0.3) is 0 Å². The average Bonchev–Trinajstić information content (AvgIpc) is 3.31. The average molecular weight is 576 g/mol. The van der Waals surface area contributed by atoms with Gasteiger partial charge in [-0.25, -0.2) is 4.98 Å². The zero-order chi connectivity index (χ0) is 28.9. The molecule has 0 aliphatic heterocycles. The monoisotopic (exact) mass is 575 g/mol. The minimum Gasteiger partial charge on any atom is -0.490 e. The van der Waals surface area contributed by atoms with Crippen LogP contribution < -0.4 is 4.74 Å². The molecule has 40 heavy (non-hydrogen) atoms. The highest BCUT2D eigenvalue weighted by Gasteiger charge is 2.35. The Morgan fingerprint density at radius 3 is 2.45 bits per heavy atom. The van der Waals surface area contributed by atoms with E-state index in [1.807, 2.05) is 24.3 Å². The molecule has 0 radical (unpaired) electrons. The van der Waals surface area contributed by atoms with E-state index in [2.05, 4.69) is 29.6 Å². The molecule has 0 amide bonds. The first-order valence-electron chi connectivity index (χ1n) is 13.5. The van der Waals surface area contributed by atoms with Crippen molar-refractivity contribution in [2.24, 2.45) is 5.92 Å². The third-order valence-corrected chi connectivity index (χ3v) is 8.67. The Balaban J connectivity index is 1.43. The van der Waals surface area contributed by atoms with E-state index in [0.29, 0.717) is 23.6 Å². The van der Waals surface area contributed by atoms with Crippen LogP contribution in [0.1, 0.15) is 37.8 Å². The molecule has 216 valence electrons. The summed E-state index contributed by atoms with van der Waals surface area (Å²) in [7, 11) is -1.33. The number of nitrogens with zero attached hydrogens (tertiary/aromatic N) is 3. The summed E-state index contributed by atoms with van der Waals surface area (Å²) >= 11 is 0. The van der Waals surface area contributed by atoms with Crippen LogP contribution in [0.25, 0.3) is 22.6 Å². The molecule has 2 aromatic heterocycles. The van der Waals surface area contributed by atoms with Crippen LogP contribution in [0.4, 0.5) is 13.2 Å². The topological polar surface area (TPSA) is 86.5 Å². The summed E-state index contributed by atoms with van der Waals surface area (Å²) in [5, 5.41) is 9.08. The maximum Gasteiger partial charge on any atom is 0.434 e. The van der Waals surface area contributed by atoms with Gasteiger partial charge < -0.3 is 19.1 Å². The summed E-state index contributed by atoms with van der Waals surface area (Å²) in [6, 6.07) is 11.8. The summed E-state index contributed by atoms with van der Waals surface area (Å²) in [6.07, 6.45) is 1.58. The normalized spacial score (nSPS) is 18.1. The molecule has 2 atom stereocenters. The van der Waals surface area contributed by atoms with Crippen molar-refractivity contribution in [1.82, 2.24) is 14.5 Å². The Morgan fingerprint density at radius 1 is 1.10 bits per heavy atom. The third kappa shape index (κ3) is 8.41. The molecule has 11 heteroatoms. The van der Waals surface area contributed by atoms with Crippen LogP contribution in [-0.4, -0.2) is 46.4 Å². The lowest BCUT2D eigenvalue weighted by Gasteiger charge is -2.28. The fraction of sp³-hybridized carbons (Fsp3) is 0.483. The molecular weight excluding hydrogens is 539 g/mol. The van der Waals surface area contributed by atoms with Crippen LogP contribution in [0.5, 0.6) is 5.75 Å². The van der Waals surface area contributed by atoms with E-state index in [-0.39, 0.29) is 31.0 Å². The highest BCUT2D eigenvalue weighted by Crippen LogP contribution is 2.33. The van der Waals surface area contributed by atoms with Crippen molar-refractivity contribution in [2.45, 2.75) is 76.8 Å². The molecule has 1 aromatic carbocycles. The SMILES string of the molecule is C[Si](C)(C)CCOCn1cc(C(F)(F)F)nc1-c1ccc(-c2ccc(O[C@@H]3CCCC(CC(=O)O)C3)cc2)nc1. The van der Waals surface area contributed by atoms with Crippen LogP contribution in [0, 0.1) is 5.92 Å². The lowest BCUT2D eigenvalue weighted by Crippen LogP contribution is -2.26. The molecule has 0 bridgehead atoms. The van der Waals surface area contributed by atoms with Crippen molar-refractivity contribution in [1.29, 1.82) is 0 Å². The molecule has 0 saturated heterocycles. The van der Waals surface area contributed by atoms with Gasteiger partial charge in [-0.3, -0.25) is 9.78 Å². The number of aromatic nitrogens is 3. The highest BCUT2D eigenvalue weighted by molar-refractivity contribution is 6.76. The zero-order valence-corrected chi connectivity index (χ0v) is 24.1. The van der Waals surface area contributed by atoms with Crippen LogP contribution in [0.2, 0.25) is 25.7 Å². The number of halogens is 3. The highest BCUT2D eigenvalue weighted by atomic mass is 28.3. The molecule has 3 aromatic rings. The van der Waals surface area contributed by atoms with Gasteiger partial charge in [-0.2, -0.15) is 13.2 Å². The number of rotatable bonds is 11. The fourth-order valence-electron chi connectivity index (χ4n) is 4.80. The number of hydrogen-bond acceptors (Lipinski definition) is 5. The van der Waals surface area contributed by atoms with Crippen LogP contribution in [-0.2, 0) is 22.4 Å². The van der Waals surface area contributed by atoms with Crippen molar-refractivity contribution < 1.29 is 32.5 Å². The molecule has 1 aliphatic rings. The number of ether oxygens (including phenoxy) is 2. The van der Waals surface area contributed by atoms with Crippen LogP contribution >= 0.6 is 0 Å². The van der Waals surface area contributed by atoms with Crippen LogP contribution in [0.3, 0.4) is 0 Å². The molecule has 1 aliphatic carbocycles. The lowest BCUT2D eigenvalue weighted by molar-refractivity contribution is -0.141. The Kier molecular flexibility index (Phi) is 9.35. The van der Waals surface area contributed by atoms with Crippen molar-refractivity contribution in [3.05, 3.63) is 54.5 Å². The van der Waals surface area contributed by atoms with Gasteiger partial charge in [0.2, 0.25) is 0 Å². The maximum absolute atomic E-state index is 13.4. The molecule has 7 nitrogen and oxygen atoms in total. The van der Waals surface area contributed by atoms with E-state index in [9.17, 15) is 18.0 Å². The lowest BCUT2D eigenvalue weighted by atomic mass is 9.85. The number of imidazole rings is 1. The van der Waals surface area contributed by atoms with Gasteiger partial charge in [0, 0.05) is 44.6 Å². The first-order chi connectivity index (χ1) is 18.9. The van der Waals surface area contributed by atoms with Crippen molar-refractivity contribution in [2.75, 3.05) is 6.61 Å². The Morgan fingerprint density at radius 2 is 1.82 bits per heavy atom. The molecule has 4 rings (SSSR count). The molecule has 0 spiro atoms. The fourth-order valence-corrected chi connectivity index (χ4v) is 5.55. The molecule has 1 fully saturated rings. The quantitative estimate of drug-likeness (QED) is 0.190. The summed E-state index contributed by atoms with van der Waals surface area (Å²) < 4.78 is 53.4. The van der Waals surface area contributed by atoms with E-state index in [1.165, 1.54) is 10.8 Å². The molecule has 1 unspecified atom stereocenters. The van der Waals surface area contributed by atoms with Crippen LogP contribution in [0.15, 0.2) is 48.8 Å². The standard InChI is InChI=1S/C29H36F3N3O4Si/c1-40(2,3)14-13-38-19-35-18-26(29(30,31)32)34-28(35)22-9-12-25(33-17-22)21-7-10-23(11-8-21)39-24-6-4-5-20(15-24)16-27(36)37/h7-12,17-18,20,24H,4-6,13-16,19H2,1-3H3,(H,36,37)/t20?,24-/m1/s1. The van der Waals surface area contributed by atoms with Crippen molar-refractivity contribution in [3.63, 3.8) is 0 Å². The molecule has 2 heterocycles. The van der Waals surface area contributed by atoms with Gasteiger partial charge in [-0.1, -0.05) is 19.6 Å². The molecule has 1 saturated carbocycles. The number of aliphatic carboxylic acids is 1. The van der Waals surface area contributed by atoms with Crippen molar-refractivity contribution in [3.8, 4) is 28.4 Å². The maximum atomic E-state index is 13.4. The van der Waals surface area contributed by atoms with Gasteiger partial charge >= 0.3 is 12.1 Å². The summed E-state index contributed by atoms with van der Waals surface area (Å²) in [5.41, 5.74) is 0.986. The van der Waals surface area contributed by atoms with E-state index in [0.717, 1.165) is 43.5 Å². The number of benzene rings is 1. The smallest absolute Gasteiger partial charge is 0.434 e. The summed E-state index contributed by atoms with van der Waals surface area (Å²) in [4.78, 5) is 19.4. The second kappa shape index (κ2) is 12.6. The van der Waals surface area contributed by atoms with Gasteiger partial charge in [-0.05, 0) is 74.0 Å². The first-order valence-corrected chi connectivity index (χ1v) is 17.3. The number of carboxylic acid groups (broad SMARTS) is 1. The minimum absolute atomic E-state index is 0.00814. The first kappa shape index (κ1) is 29.8. The second-order valence-corrected chi connectivity index (χ2v) is 17.2. The van der Waals surface area contributed by atoms with E-state index in [4.69, 9.17) is 14.6 Å². The van der Waals surface area contributed by atoms with E-state index >= 15 is 0 Å². The van der Waals surface area contributed by atoms with E-state index < -0.39 is 25.9 Å². The number of pyridine rings is 1. The predicted octanol–water partition coefficient (Wildman–Crippen LogP) is 7.36. The molecule has 1 N–H and O–H groups in total. The largest absolute Gasteiger partial charge is 0.490 e. The second-order valence-electron chi connectivity index (χ2n) is 11.6. The molecular formula is C29H36F3N3O4Si. The number of alkyl halides is 3.